The van der Waals surface area contributed by atoms with Gasteiger partial charge in [0.1, 0.15) is 33.4 Å². The minimum Gasteiger partial charge on any atom is -0.492 e. The molecule has 0 aliphatic heterocycles. The minimum atomic E-state index is -0.388. The Labute approximate surface area is 218 Å². The molecular formula is C27H28N4O5S. The SMILES string of the molecule is CCOC(=O)c1sc2ncnc(Nc3cc(OCC)c(NC(=O)c4ccccc4)cc3OCC)c2c1C. The highest BCUT2D eigenvalue weighted by molar-refractivity contribution is 7.20. The number of rotatable bonds is 10. The van der Waals surface area contributed by atoms with Crippen LogP contribution in [0.15, 0.2) is 48.8 Å². The van der Waals surface area contributed by atoms with Gasteiger partial charge >= 0.3 is 5.97 Å². The van der Waals surface area contributed by atoms with Gasteiger partial charge in [-0.05, 0) is 45.4 Å². The number of carbonyl (C=O) groups excluding carboxylic acids is 2. The molecule has 10 heteroatoms. The lowest BCUT2D eigenvalue weighted by atomic mass is 10.1. The van der Waals surface area contributed by atoms with Crippen molar-refractivity contribution in [1.82, 2.24) is 9.97 Å². The zero-order valence-corrected chi connectivity index (χ0v) is 21.9. The van der Waals surface area contributed by atoms with E-state index in [2.05, 4.69) is 20.6 Å². The molecule has 192 valence electrons. The summed E-state index contributed by atoms with van der Waals surface area (Å²) in [5.41, 5.74) is 2.33. The summed E-state index contributed by atoms with van der Waals surface area (Å²) >= 11 is 1.26. The summed E-state index contributed by atoms with van der Waals surface area (Å²) in [6, 6.07) is 12.4. The van der Waals surface area contributed by atoms with Gasteiger partial charge in [-0.3, -0.25) is 4.79 Å². The lowest BCUT2D eigenvalue weighted by molar-refractivity contribution is 0.0531. The van der Waals surface area contributed by atoms with Crippen molar-refractivity contribution < 1.29 is 23.8 Å². The van der Waals surface area contributed by atoms with E-state index in [-0.39, 0.29) is 18.5 Å². The quantitative estimate of drug-likeness (QED) is 0.246. The van der Waals surface area contributed by atoms with Crippen LogP contribution in [0.25, 0.3) is 10.2 Å². The number of hydrogen-bond donors (Lipinski definition) is 2. The minimum absolute atomic E-state index is 0.261. The molecule has 2 aromatic carbocycles. The van der Waals surface area contributed by atoms with Gasteiger partial charge in [-0.1, -0.05) is 18.2 Å². The summed E-state index contributed by atoms with van der Waals surface area (Å²) in [5.74, 6) is 0.833. The second-order valence-corrected chi connectivity index (χ2v) is 8.83. The van der Waals surface area contributed by atoms with Crippen molar-refractivity contribution in [2.45, 2.75) is 27.7 Å². The molecule has 0 fully saturated rings. The fraction of sp³-hybridized carbons (Fsp3) is 0.259. The van der Waals surface area contributed by atoms with Gasteiger partial charge in [-0.25, -0.2) is 14.8 Å². The standard InChI is InChI=1S/C27H28N4O5S/c1-5-34-20-14-19(31-25(32)17-11-9-8-10-12-17)21(35-6-2)13-18(20)30-24-22-16(4)23(27(33)36-7-3)37-26(22)29-15-28-24/h8-15H,5-7H2,1-4H3,(H,31,32)(H,28,29,30). The molecule has 0 saturated carbocycles. The Balaban J connectivity index is 1.74. The summed E-state index contributed by atoms with van der Waals surface area (Å²) < 4.78 is 17.0. The molecule has 0 saturated heterocycles. The van der Waals surface area contributed by atoms with Crippen LogP contribution < -0.4 is 20.1 Å². The summed E-state index contributed by atoms with van der Waals surface area (Å²) in [6.45, 7) is 8.44. The van der Waals surface area contributed by atoms with Crippen molar-refractivity contribution in [3.05, 3.63) is 64.8 Å². The van der Waals surface area contributed by atoms with Crippen molar-refractivity contribution in [3.8, 4) is 11.5 Å². The van der Waals surface area contributed by atoms with Crippen molar-refractivity contribution in [2.75, 3.05) is 30.5 Å². The van der Waals surface area contributed by atoms with Crippen LogP contribution in [0.3, 0.4) is 0 Å². The van der Waals surface area contributed by atoms with Gasteiger partial charge in [0.15, 0.2) is 0 Å². The number of nitrogens with one attached hydrogen (secondary N) is 2. The summed E-state index contributed by atoms with van der Waals surface area (Å²) in [5, 5.41) is 6.96. The molecule has 9 nitrogen and oxygen atoms in total. The third-order valence-electron chi connectivity index (χ3n) is 5.41. The third-order valence-corrected chi connectivity index (χ3v) is 6.59. The van der Waals surface area contributed by atoms with Crippen LogP contribution in [-0.2, 0) is 4.74 Å². The molecule has 0 atom stereocenters. The maximum atomic E-state index is 12.8. The average molecular weight is 521 g/mol. The van der Waals surface area contributed by atoms with Gasteiger partial charge in [0, 0.05) is 17.7 Å². The lowest BCUT2D eigenvalue weighted by Gasteiger charge is -2.18. The van der Waals surface area contributed by atoms with Crippen LogP contribution in [0.2, 0.25) is 0 Å². The Kier molecular flexibility index (Phi) is 8.19. The summed E-state index contributed by atoms with van der Waals surface area (Å²) in [7, 11) is 0. The predicted molar refractivity (Wildman–Crippen MR) is 145 cm³/mol. The molecule has 0 aliphatic rings. The zero-order chi connectivity index (χ0) is 26.4. The average Bonchev–Trinajstić information content (AvgIpc) is 3.24. The number of nitrogens with zero attached hydrogens (tertiary/aromatic N) is 2. The molecule has 2 aromatic heterocycles. The molecule has 37 heavy (non-hydrogen) atoms. The van der Waals surface area contributed by atoms with Crippen molar-refractivity contribution in [1.29, 1.82) is 0 Å². The first-order valence-electron chi connectivity index (χ1n) is 11.9. The lowest BCUT2D eigenvalue weighted by Crippen LogP contribution is -2.13. The van der Waals surface area contributed by atoms with Gasteiger partial charge in [-0.15, -0.1) is 11.3 Å². The number of hydrogen-bond acceptors (Lipinski definition) is 9. The molecule has 2 heterocycles. The number of ether oxygens (including phenoxy) is 3. The largest absolute Gasteiger partial charge is 0.492 e. The highest BCUT2D eigenvalue weighted by Gasteiger charge is 2.22. The number of aryl methyl sites for hydroxylation is 1. The van der Waals surface area contributed by atoms with Crippen LogP contribution in [0.1, 0.15) is 46.4 Å². The molecule has 0 bridgehead atoms. The molecule has 0 unspecified atom stereocenters. The van der Waals surface area contributed by atoms with Crippen molar-refractivity contribution >= 4 is 50.6 Å². The maximum Gasteiger partial charge on any atom is 0.348 e. The third kappa shape index (κ3) is 5.64. The number of benzene rings is 2. The van der Waals surface area contributed by atoms with E-state index in [1.807, 2.05) is 26.8 Å². The van der Waals surface area contributed by atoms with E-state index in [4.69, 9.17) is 14.2 Å². The van der Waals surface area contributed by atoms with Crippen LogP contribution in [0, 0.1) is 6.92 Å². The van der Waals surface area contributed by atoms with Gasteiger partial charge in [-0.2, -0.15) is 0 Å². The van der Waals surface area contributed by atoms with E-state index in [9.17, 15) is 9.59 Å². The summed E-state index contributed by atoms with van der Waals surface area (Å²) in [6.07, 6.45) is 1.44. The molecule has 2 N–H and O–H groups in total. The molecule has 4 aromatic rings. The number of aromatic nitrogens is 2. The van der Waals surface area contributed by atoms with E-state index < -0.39 is 0 Å². The maximum absolute atomic E-state index is 12.8. The number of amides is 1. The highest BCUT2D eigenvalue weighted by atomic mass is 32.1. The topological polar surface area (TPSA) is 112 Å². The predicted octanol–water partition coefficient (Wildman–Crippen LogP) is 5.97. The Hall–Kier alpha value is -4.18. The first kappa shape index (κ1) is 25.9. The number of thiophene rings is 1. The molecule has 0 spiro atoms. The van der Waals surface area contributed by atoms with Gasteiger partial charge in [0.05, 0.1) is 36.6 Å². The molecule has 1 amide bonds. The van der Waals surface area contributed by atoms with Crippen LogP contribution in [-0.4, -0.2) is 41.7 Å². The first-order chi connectivity index (χ1) is 18.0. The Morgan fingerprint density at radius 3 is 2.27 bits per heavy atom. The number of fused-ring (bicyclic) bond motifs is 1. The fourth-order valence-corrected chi connectivity index (χ4v) is 4.82. The van der Waals surface area contributed by atoms with Crippen molar-refractivity contribution in [2.24, 2.45) is 0 Å². The number of carbonyl (C=O) groups is 2. The van der Waals surface area contributed by atoms with E-state index in [0.29, 0.717) is 57.2 Å². The van der Waals surface area contributed by atoms with Crippen LogP contribution >= 0.6 is 11.3 Å². The Bertz CT molecular complexity index is 1420. The number of anilines is 3. The zero-order valence-electron chi connectivity index (χ0n) is 21.1. The number of esters is 1. The van der Waals surface area contributed by atoms with Crippen molar-refractivity contribution in [3.63, 3.8) is 0 Å². The smallest absolute Gasteiger partial charge is 0.348 e. The summed E-state index contributed by atoms with van der Waals surface area (Å²) in [4.78, 5) is 35.2. The van der Waals surface area contributed by atoms with Crippen LogP contribution in [0.4, 0.5) is 17.2 Å². The van der Waals surface area contributed by atoms with E-state index in [1.54, 1.807) is 43.3 Å². The molecule has 0 radical (unpaired) electrons. The monoisotopic (exact) mass is 520 g/mol. The molecule has 4 rings (SSSR count). The second kappa shape index (κ2) is 11.7. The van der Waals surface area contributed by atoms with E-state index in [0.717, 1.165) is 10.9 Å². The van der Waals surface area contributed by atoms with Gasteiger partial charge in [0.25, 0.3) is 5.91 Å². The highest BCUT2D eigenvalue weighted by Crippen LogP contribution is 2.41. The Morgan fingerprint density at radius 2 is 1.59 bits per heavy atom. The fourth-order valence-electron chi connectivity index (χ4n) is 3.77. The molecular weight excluding hydrogens is 492 g/mol. The first-order valence-corrected chi connectivity index (χ1v) is 12.8. The van der Waals surface area contributed by atoms with Crippen LogP contribution in [0.5, 0.6) is 11.5 Å². The normalized spacial score (nSPS) is 10.7. The van der Waals surface area contributed by atoms with E-state index in [1.165, 1.54) is 17.7 Å². The molecule has 0 aliphatic carbocycles. The second-order valence-electron chi connectivity index (χ2n) is 7.83. The van der Waals surface area contributed by atoms with Gasteiger partial charge in [0.2, 0.25) is 0 Å². The van der Waals surface area contributed by atoms with Gasteiger partial charge < -0.3 is 24.8 Å². The Morgan fingerprint density at radius 1 is 0.919 bits per heavy atom. The van der Waals surface area contributed by atoms with E-state index >= 15 is 0 Å².